The molecule has 1 amide bonds. The molecule has 5 nitrogen and oxygen atoms in total. The fourth-order valence-electron chi connectivity index (χ4n) is 3.10. The number of hydrogen-bond acceptors (Lipinski definition) is 3. The minimum atomic E-state index is 0. The number of likely N-dealkylation sites (tertiary alicyclic amines) is 1. The van der Waals surface area contributed by atoms with Crippen LogP contribution in [0.1, 0.15) is 56.2 Å². The van der Waals surface area contributed by atoms with Gasteiger partial charge in [-0.1, -0.05) is 6.92 Å². The van der Waals surface area contributed by atoms with Gasteiger partial charge in [0.05, 0.1) is 6.54 Å². The SMILES string of the molecule is CCNC(=NCc1ccc(CC)s1)NCCC(=O)N1CCCCC1C.I. The largest absolute Gasteiger partial charge is 0.357 e. The van der Waals surface area contributed by atoms with E-state index in [1.54, 1.807) is 0 Å². The topological polar surface area (TPSA) is 56.7 Å². The molecule has 1 aliphatic heterocycles. The summed E-state index contributed by atoms with van der Waals surface area (Å²) >= 11 is 1.82. The van der Waals surface area contributed by atoms with Crippen molar-refractivity contribution in [2.45, 2.75) is 65.5 Å². The summed E-state index contributed by atoms with van der Waals surface area (Å²) in [6, 6.07) is 4.71. The molecule has 1 aliphatic rings. The quantitative estimate of drug-likeness (QED) is 0.346. The lowest BCUT2D eigenvalue weighted by Crippen LogP contribution is -2.44. The van der Waals surface area contributed by atoms with Crippen LogP contribution in [0.25, 0.3) is 0 Å². The molecule has 2 N–H and O–H groups in total. The lowest BCUT2D eigenvalue weighted by Gasteiger charge is -2.33. The molecular formula is C19H33IN4OS. The van der Waals surface area contributed by atoms with Crippen LogP contribution in [0.2, 0.25) is 0 Å². The number of rotatable bonds is 7. The normalized spacial score (nSPS) is 17.6. The lowest BCUT2D eigenvalue weighted by atomic mass is 10.0. The number of amides is 1. The number of carbonyl (C=O) groups is 1. The molecule has 0 aliphatic carbocycles. The highest BCUT2D eigenvalue weighted by atomic mass is 127. The Hall–Kier alpha value is -0.830. The number of halogens is 1. The Morgan fingerprint density at radius 2 is 2.04 bits per heavy atom. The molecule has 1 aromatic rings. The molecule has 2 heterocycles. The molecular weight excluding hydrogens is 459 g/mol. The van der Waals surface area contributed by atoms with Crippen molar-refractivity contribution in [2.75, 3.05) is 19.6 Å². The van der Waals surface area contributed by atoms with Crippen molar-refractivity contribution in [1.29, 1.82) is 0 Å². The van der Waals surface area contributed by atoms with Gasteiger partial charge in [-0.05, 0) is 51.7 Å². The van der Waals surface area contributed by atoms with E-state index in [1.165, 1.54) is 16.2 Å². The summed E-state index contributed by atoms with van der Waals surface area (Å²) in [7, 11) is 0. The average Bonchev–Trinajstić information content (AvgIpc) is 3.08. The second-order valence-corrected chi connectivity index (χ2v) is 7.78. The third-order valence-electron chi connectivity index (χ3n) is 4.56. The minimum absolute atomic E-state index is 0. The van der Waals surface area contributed by atoms with Crippen LogP contribution >= 0.6 is 35.3 Å². The van der Waals surface area contributed by atoms with E-state index in [4.69, 9.17) is 0 Å². The van der Waals surface area contributed by atoms with Crippen LogP contribution in [0.4, 0.5) is 0 Å². The smallest absolute Gasteiger partial charge is 0.224 e. The molecule has 7 heteroatoms. The Balaban J connectivity index is 0.00000338. The van der Waals surface area contributed by atoms with Crippen LogP contribution in [0.15, 0.2) is 17.1 Å². The van der Waals surface area contributed by atoms with E-state index >= 15 is 0 Å². The van der Waals surface area contributed by atoms with E-state index < -0.39 is 0 Å². The molecule has 0 spiro atoms. The van der Waals surface area contributed by atoms with Crippen molar-refractivity contribution in [3.05, 3.63) is 21.9 Å². The van der Waals surface area contributed by atoms with Crippen molar-refractivity contribution in [2.24, 2.45) is 4.99 Å². The standard InChI is InChI=1S/C19H32N4OS.HI/c1-4-16-9-10-17(25-16)14-22-19(20-5-2)21-12-11-18(24)23-13-7-6-8-15(23)3;/h9-10,15H,4-8,11-14H2,1-3H3,(H2,20,21,22);1H. The molecule has 0 aromatic carbocycles. The first-order valence-corrected chi connectivity index (χ1v) is 10.3. The predicted octanol–water partition coefficient (Wildman–Crippen LogP) is 3.77. The van der Waals surface area contributed by atoms with Crippen LogP contribution in [0.5, 0.6) is 0 Å². The fourth-order valence-corrected chi connectivity index (χ4v) is 3.98. The second kappa shape index (κ2) is 12.5. The van der Waals surface area contributed by atoms with Gasteiger partial charge in [0.2, 0.25) is 5.91 Å². The van der Waals surface area contributed by atoms with Crippen molar-refractivity contribution in [3.8, 4) is 0 Å². The first-order valence-electron chi connectivity index (χ1n) is 9.53. The number of guanidine groups is 1. The van der Waals surface area contributed by atoms with Crippen molar-refractivity contribution in [1.82, 2.24) is 15.5 Å². The fraction of sp³-hybridized carbons (Fsp3) is 0.684. The number of thiophene rings is 1. The van der Waals surface area contributed by atoms with Gasteiger partial charge in [0.1, 0.15) is 0 Å². The Kier molecular flexibility index (Phi) is 11.2. The molecule has 2 rings (SSSR count). The molecule has 26 heavy (non-hydrogen) atoms. The molecule has 1 saturated heterocycles. The molecule has 148 valence electrons. The summed E-state index contributed by atoms with van der Waals surface area (Å²) < 4.78 is 0. The number of aliphatic imine (C=N–C) groups is 1. The number of nitrogens with zero attached hydrogens (tertiary/aromatic N) is 2. The van der Waals surface area contributed by atoms with Gasteiger partial charge in [-0.25, -0.2) is 4.99 Å². The van der Waals surface area contributed by atoms with Crippen LogP contribution < -0.4 is 10.6 Å². The maximum absolute atomic E-state index is 12.4. The van der Waals surface area contributed by atoms with Gasteiger partial charge in [0.15, 0.2) is 5.96 Å². The van der Waals surface area contributed by atoms with Crippen molar-refractivity contribution < 1.29 is 4.79 Å². The molecule has 0 radical (unpaired) electrons. The minimum Gasteiger partial charge on any atom is -0.357 e. The molecule has 1 atom stereocenters. The lowest BCUT2D eigenvalue weighted by molar-refractivity contribution is -0.134. The zero-order chi connectivity index (χ0) is 18.1. The molecule has 1 aromatic heterocycles. The van der Waals surface area contributed by atoms with Gasteiger partial charge in [0.25, 0.3) is 0 Å². The molecule has 1 unspecified atom stereocenters. The second-order valence-electron chi connectivity index (χ2n) is 6.53. The zero-order valence-electron chi connectivity index (χ0n) is 16.2. The first kappa shape index (κ1) is 23.2. The highest BCUT2D eigenvalue weighted by Crippen LogP contribution is 2.18. The highest BCUT2D eigenvalue weighted by molar-refractivity contribution is 14.0. The Bertz CT molecular complexity index is 576. The molecule has 0 bridgehead atoms. The number of hydrogen-bond donors (Lipinski definition) is 2. The van der Waals surface area contributed by atoms with E-state index in [-0.39, 0.29) is 29.9 Å². The summed E-state index contributed by atoms with van der Waals surface area (Å²) in [6.07, 6.45) is 5.10. The Morgan fingerprint density at radius 3 is 2.69 bits per heavy atom. The monoisotopic (exact) mass is 492 g/mol. The van der Waals surface area contributed by atoms with Gasteiger partial charge in [-0.3, -0.25) is 4.79 Å². The average molecular weight is 492 g/mol. The first-order chi connectivity index (χ1) is 12.1. The number of nitrogens with one attached hydrogen (secondary N) is 2. The Morgan fingerprint density at radius 1 is 1.27 bits per heavy atom. The van der Waals surface area contributed by atoms with E-state index in [1.807, 2.05) is 16.2 Å². The molecule has 1 fully saturated rings. The highest BCUT2D eigenvalue weighted by Gasteiger charge is 2.22. The summed E-state index contributed by atoms with van der Waals surface area (Å²) in [5.41, 5.74) is 0. The number of aryl methyl sites for hydroxylation is 1. The van der Waals surface area contributed by atoms with E-state index in [0.717, 1.165) is 38.3 Å². The van der Waals surface area contributed by atoms with E-state index in [9.17, 15) is 4.79 Å². The maximum atomic E-state index is 12.4. The van der Waals surface area contributed by atoms with E-state index in [0.29, 0.717) is 25.6 Å². The Labute approximate surface area is 179 Å². The van der Waals surface area contributed by atoms with Gasteiger partial charge in [-0.2, -0.15) is 0 Å². The van der Waals surface area contributed by atoms with Crippen molar-refractivity contribution in [3.63, 3.8) is 0 Å². The van der Waals surface area contributed by atoms with Crippen LogP contribution in [-0.4, -0.2) is 42.4 Å². The number of carbonyl (C=O) groups excluding carboxylic acids is 1. The van der Waals surface area contributed by atoms with Crippen LogP contribution in [0, 0.1) is 0 Å². The summed E-state index contributed by atoms with van der Waals surface area (Å²) in [5, 5.41) is 6.55. The van der Waals surface area contributed by atoms with Gasteiger partial charge in [0, 0.05) is 41.9 Å². The summed E-state index contributed by atoms with van der Waals surface area (Å²) in [4.78, 5) is 21.7. The van der Waals surface area contributed by atoms with Gasteiger partial charge in [-0.15, -0.1) is 35.3 Å². The van der Waals surface area contributed by atoms with Gasteiger partial charge >= 0.3 is 0 Å². The number of piperidine rings is 1. The molecule has 0 saturated carbocycles. The summed E-state index contributed by atoms with van der Waals surface area (Å²) in [5.74, 6) is 1.04. The van der Waals surface area contributed by atoms with Crippen LogP contribution in [-0.2, 0) is 17.8 Å². The third kappa shape index (κ3) is 7.42. The van der Waals surface area contributed by atoms with Crippen LogP contribution in [0.3, 0.4) is 0 Å². The summed E-state index contributed by atoms with van der Waals surface area (Å²) in [6.45, 7) is 9.40. The maximum Gasteiger partial charge on any atom is 0.224 e. The predicted molar refractivity (Wildman–Crippen MR) is 122 cm³/mol. The van der Waals surface area contributed by atoms with Crippen molar-refractivity contribution >= 4 is 47.2 Å². The van der Waals surface area contributed by atoms with Gasteiger partial charge < -0.3 is 15.5 Å². The third-order valence-corrected chi connectivity index (χ3v) is 5.77. The van der Waals surface area contributed by atoms with E-state index in [2.05, 4.69) is 48.5 Å². The zero-order valence-corrected chi connectivity index (χ0v) is 19.4.